The summed E-state index contributed by atoms with van der Waals surface area (Å²) in [7, 11) is 0. The van der Waals surface area contributed by atoms with Gasteiger partial charge in [-0.2, -0.15) is 5.26 Å². The molecule has 0 saturated heterocycles. The van der Waals surface area contributed by atoms with Gasteiger partial charge >= 0.3 is 0 Å². The van der Waals surface area contributed by atoms with E-state index in [1.165, 1.54) is 4.31 Å². The van der Waals surface area contributed by atoms with Crippen molar-refractivity contribution in [1.29, 1.82) is 5.26 Å². The molecule has 0 radical (unpaired) electrons. The summed E-state index contributed by atoms with van der Waals surface area (Å²) in [6, 6.07) is 22.6. The Labute approximate surface area is 149 Å². The Bertz CT molecular complexity index is 948. The molecule has 3 aromatic carbocycles. The molecule has 3 aromatic rings. The average molecular weight is 349 g/mol. The summed E-state index contributed by atoms with van der Waals surface area (Å²) in [5.41, 5.74) is 2.23. The van der Waals surface area contributed by atoms with E-state index >= 15 is 0 Å². The SMILES string of the molecule is CC(Cc1ccc(C#N)cc1)N(c1ccc2ccccc2c1)S(=O)[O-]. The molecular formula is C20H17N2O2S-. The number of nitriles is 1. The fourth-order valence-corrected chi connectivity index (χ4v) is 3.59. The number of nitrogens with zero attached hydrogens (tertiary/aromatic N) is 2. The third-order valence-corrected chi connectivity index (χ3v) is 5.05. The lowest BCUT2D eigenvalue weighted by Crippen LogP contribution is -2.36. The third kappa shape index (κ3) is 3.87. The van der Waals surface area contributed by atoms with Crippen LogP contribution < -0.4 is 4.31 Å². The molecule has 2 unspecified atom stereocenters. The lowest BCUT2D eigenvalue weighted by atomic mass is 10.0. The Morgan fingerprint density at radius 3 is 2.40 bits per heavy atom. The molecule has 2 atom stereocenters. The van der Waals surface area contributed by atoms with Crippen LogP contribution in [0.2, 0.25) is 0 Å². The smallest absolute Gasteiger partial charge is 0.0991 e. The molecule has 0 aliphatic rings. The fraction of sp³-hybridized carbons (Fsp3) is 0.150. The second-order valence-electron chi connectivity index (χ2n) is 5.94. The summed E-state index contributed by atoms with van der Waals surface area (Å²) in [6.07, 6.45) is 0.562. The van der Waals surface area contributed by atoms with Crippen LogP contribution in [0.15, 0.2) is 66.7 Å². The highest BCUT2D eigenvalue weighted by Crippen LogP contribution is 2.25. The van der Waals surface area contributed by atoms with Crippen molar-refractivity contribution in [2.45, 2.75) is 19.4 Å². The van der Waals surface area contributed by atoms with Gasteiger partial charge in [0.2, 0.25) is 0 Å². The first-order valence-electron chi connectivity index (χ1n) is 7.95. The maximum Gasteiger partial charge on any atom is 0.0991 e. The Morgan fingerprint density at radius 1 is 1.08 bits per heavy atom. The van der Waals surface area contributed by atoms with Gasteiger partial charge in [-0.05, 0) is 53.9 Å². The van der Waals surface area contributed by atoms with Crippen molar-refractivity contribution in [1.82, 2.24) is 0 Å². The van der Waals surface area contributed by atoms with Gasteiger partial charge in [-0.1, -0.05) is 42.5 Å². The molecule has 25 heavy (non-hydrogen) atoms. The molecule has 0 amide bonds. The Hall–Kier alpha value is -2.68. The maximum atomic E-state index is 11.9. The van der Waals surface area contributed by atoms with E-state index in [1.54, 1.807) is 12.1 Å². The van der Waals surface area contributed by atoms with Gasteiger partial charge in [0.15, 0.2) is 0 Å². The largest absolute Gasteiger partial charge is 0.755 e. The Kier molecular flexibility index (Phi) is 5.13. The Morgan fingerprint density at radius 2 is 1.76 bits per heavy atom. The van der Waals surface area contributed by atoms with E-state index < -0.39 is 11.3 Å². The van der Waals surface area contributed by atoms with Crippen LogP contribution in [0.1, 0.15) is 18.1 Å². The van der Waals surface area contributed by atoms with Crippen LogP contribution in [0, 0.1) is 11.3 Å². The van der Waals surface area contributed by atoms with Crippen molar-refractivity contribution in [2.75, 3.05) is 4.31 Å². The molecular weight excluding hydrogens is 332 g/mol. The molecule has 0 aliphatic carbocycles. The van der Waals surface area contributed by atoms with Crippen LogP contribution in [0.4, 0.5) is 5.69 Å². The number of hydrogen-bond acceptors (Lipinski definition) is 3. The molecule has 4 nitrogen and oxygen atoms in total. The fourth-order valence-electron chi connectivity index (χ4n) is 2.94. The van der Waals surface area contributed by atoms with Gasteiger partial charge in [-0.15, -0.1) is 0 Å². The van der Waals surface area contributed by atoms with Crippen molar-refractivity contribution in [3.05, 3.63) is 77.9 Å². The van der Waals surface area contributed by atoms with E-state index in [4.69, 9.17) is 5.26 Å². The van der Waals surface area contributed by atoms with Gasteiger partial charge in [0.1, 0.15) is 0 Å². The van der Waals surface area contributed by atoms with Crippen molar-refractivity contribution < 1.29 is 8.76 Å². The number of anilines is 1. The van der Waals surface area contributed by atoms with E-state index in [0.29, 0.717) is 17.7 Å². The van der Waals surface area contributed by atoms with Crippen molar-refractivity contribution in [2.24, 2.45) is 0 Å². The van der Waals surface area contributed by atoms with Gasteiger partial charge in [0.05, 0.1) is 11.6 Å². The molecule has 0 aromatic heterocycles. The van der Waals surface area contributed by atoms with Gasteiger partial charge in [0, 0.05) is 23.0 Å². The first-order valence-corrected chi connectivity index (χ1v) is 8.98. The molecule has 0 spiro atoms. The van der Waals surface area contributed by atoms with Gasteiger partial charge < -0.3 is 4.55 Å². The van der Waals surface area contributed by atoms with Crippen LogP contribution in [0.3, 0.4) is 0 Å². The number of hydrogen-bond donors (Lipinski definition) is 0. The minimum atomic E-state index is -2.38. The van der Waals surface area contributed by atoms with E-state index in [9.17, 15) is 8.76 Å². The summed E-state index contributed by atoms with van der Waals surface area (Å²) < 4.78 is 25.1. The van der Waals surface area contributed by atoms with E-state index in [0.717, 1.165) is 16.3 Å². The first-order chi connectivity index (χ1) is 12.1. The highest BCUT2D eigenvalue weighted by molar-refractivity contribution is 7.80. The molecule has 0 fully saturated rings. The zero-order chi connectivity index (χ0) is 17.8. The van der Waals surface area contributed by atoms with Crippen molar-refractivity contribution >= 4 is 27.7 Å². The summed E-state index contributed by atoms with van der Waals surface area (Å²) in [5, 5.41) is 10.9. The van der Waals surface area contributed by atoms with E-state index in [-0.39, 0.29) is 6.04 Å². The van der Waals surface area contributed by atoms with Crippen LogP contribution >= 0.6 is 0 Å². The Balaban J connectivity index is 1.88. The lowest BCUT2D eigenvalue weighted by Gasteiger charge is -2.32. The molecule has 0 heterocycles. The summed E-state index contributed by atoms with van der Waals surface area (Å²) in [6.45, 7) is 1.88. The van der Waals surface area contributed by atoms with Gasteiger partial charge in [-0.25, -0.2) is 0 Å². The number of fused-ring (bicyclic) bond motifs is 1. The summed E-state index contributed by atoms with van der Waals surface area (Å²) in [4.78, 5) is 0. The average Bonchev–Trinajstić information content (AvgIpc) is 2.62. The predicted molar refractivity (Wildman–Crippen MR) is 99.7 cm³/mol. The zero-order valence-electron chi connectivity index (χ0n) is 13.8. The molecule has 0 bridgehead atoms. The summed E-state index contributed by atoms with van der Waals surface area (Å²) >= 11 is -2.38. The van der Waals surface area contributed by atoms with Gasteiger partial charge in [0.25, 0.3) is 0 Å². The van der Waals surface area contributed by atoms with Crippen LogP contribution in [-0.2, 0) is 17.7 Å². The maximum absolute atomic E-state index is 11.9. The second kappa shape index (κ2) is 7.47. The molecule has 126 valence electrons. The van der Waals surface area contributed by atoms with E-state index in [1.807, 2.05) is 61.5 Å². The van der Waals surface area contributed by atoms with Crippen molar-refractivity contribution in [3.8, 4) is 6.07 Å². The first kappa shape index (κ1) is 17.2. The highest BCUT2D eigenvalue weighted by Gasteiger charge is 2.16. The number of benzene rings is 3. The molecule has 0 N–H and O–H groups in total. The van der Waals surface area contributed by atoms with Crippen LogP contribution in [-0.4, -0.2) is 14.8 Å². The monoisotopic (exact) mass is 349 g/mol. The normalized spacial score (nSPS) is 13.2. The number of rotatable bonds is 5. The zero-order valence-corrected chi connectivity index (χ0v) is 14.6. The standard InChI is InChI=1S/C20H18N2O2S/c1-15(12-16-6-8-17(14-21)9-7-16)22(25(23)24)20-11-10-18-4-2-3-5-19(18)13-20/h2-11,13,15H,12H2,1H3,(H,23,24)/p-1. The minimum absolute atomic E-state index is 0.243. The molecule has 0 saturated carbocycles. The molecule has 0 aliphatic heterocycles. The van der Waals surface area contributed by atoms with Crippen LogP contribution in [0.25, 0.3) is 10.8 Å². The molecule has 3 rings (SSSR count). The minimum Gasteiger partial charge on any atom is -0.755 e. The molecule has 5 heteroatoms. The van der Waals surface area contributed by atoms with Crippen molar-refractivity contribution in [3.63, 3.8) is 0 Å². The topological polar surface area (TPSA) is 67.2 Å². The quantitative estimate of drug-likeness (QED) is 0.655. The summed E-state index contributed by atoms with van der Waals surface area (Å²) in [5.74, 6) is 0. The highest BCUT2D eigenvalue weighted by atomic mass is 32.2. The third-order valence-electron chi connectivity index (χ3n) is 4.16. The lowest BCUT2D eigenvalue weighted by molar-refractivity contribution is 0.523. The van der Waals surface area contributed by atoms with Gasteiger partial charge in [-0.3, -0.25) is 8.51 Å². The predicted octanol–water partition coefficient (Wildman–Crippen LogP) is 3.94. The van der Waals surface area contributed by atoms with Crippen LogP contribution in [0.5, 0.6) is 0 Å². The second-order valence-corrected chi connectivity index (χ2v) is 6.76. The van der Waals surface area contributed by atoms with E-state index in [2.05, 4.69) is 6.07 Å².